The third-order valence-corrected chi connectivity index (χ3v) is 13.1. The first-order valence-corrected chi connectivity index (χ1v) is 21.1. The van der Waals surface area contributed by atoms with Crippen molar-refractivity contribution in [2.45, 2.75) is 65.5 Å². The number of nitrogens with zero attached hydrogens (tertiary/aromatic N) is 8. The van der Waals surface area contributed by atoms with Crippen molar-refractivity contribution in [3.05, 3.63) is 95.6 Å². The summed E-state index contributed by atoms with van der Waals surface area (Å²) in [6, 6.07) is 20.2. The average Bonchev–Trinajstić information content (AvgIpc) is 4.08. The predicted octanol–water partition coefficient (Wildman–Crippen LogP) is 6.59. The Balaban J connectivity index is 0.000000154. The lowest BCUT2D eigenvalue weighted by atomic mass is 9.78. The molecule has 0 unspecified atom stereocenters. The van der Waals surface area contributed by atoms with Crippen LogP contribution in [0.2, 0.25) is 0 Å². The van der Waals surface area contributed by atoms with E-state index < -0.39 is 0 Å². The van der Waals surface area contributed by atoms with E-state index in [9.17, 15) is 9.59 Å². The van der Waals surface area contributed by atoms with Gasteiger partial charge >= 0.3 is 0 Å². The number of fused-ring (bicyclic) bond motifs is 2. The molecule has 312 valence electrons. The second kappa shape index (κ2) is 16.1. The Hall–Kier alpha value is -6.18. The first-order chi connectivity index (χ1) is 29.2. The molecule has 60 heavy (non-hydrogen) atoms. The summed E-state index contributed by atoms with van der Waals surface area (Å²) in [6.07, 6.45) is 9.66. The number of likely N-dealkylation sites (tertiary alicyclic amines) is 2. The maximum absolute atomic E-state index is 13.6. The lowest BCUT2D eigenvalue weighted by Crippen LogP contribution is -2.49. The number of H-pyrrole nitrogens is 2. The lowest BCUT2D eigenvalue weighted by Gasteiger charge is -2.39. The number of rotatable bonds is 8. The highest BCUT2D eigenvalue weighted by Gasteiger charge is 2.50. The molecular formula is C46H54N10O4. The summed E-state index contributed by atoms with van der Waals surface area (Å²) in [5.41, 5.74) is 5.64. The van der Waals surface area contributed by atoms with Crippen LogP contribution in [0.1, 0.15) is 61.0 Å². The zero-order valence-electron chi connectivity index (χ0n) is 35.0. The Morgan fingerprint density at radius 1 is 0.600 bits per heavy atom. The number of aromatic nitrogens is 6. The maximum atomic E-state index is 13.6. The smallest absolute Gasteiger partial charge is 0.230 e. The van der Waals surface area contributed by atoms with Gasteiger partial charge in [-0.2, -0.15) is 9.97 Å². The number of carbonyl (C=O) groups excluding carboxylic acids is 2. The van der Waals surface area contributed by atoms with E-state index in [2.05, 4.69) is 64.0 Å². The lowest BCUT2D eigenvalue weighted by molar-refractivity contribution is -0.146. The quantitative estimate of drug-likeness (QED) is 0.173. The predicted molar refractivity (Wildman–Crippen MR) is 231 cm³/mol. The minimum Gasteiger partial charge on any atom is -0.481 e. The van der Waals surface area contributed by atoms with Crippen LogP contribution in [0.4, 0.5) is 11.9 Å². The van der Waals surface area contributed by atoms with Crippen LogP contribution >= 0.6 is 0 Å². The number of aromatic amines is 2. The zero-order chi connectivity index (χ0) is 41.4. The van der Waals surface area contributed by atoms with Crippen LogP contribution in [-0.4, -0.2) is 105 Å². The van der Waals surface area contributed by atoms with Crippen molar-refractivity contribution in [3.63, 3.8) is 0 Å². The van der Waals surface area contributed by atoms with Gasteiger partial charge in [0.1, 0.15) is 0 Å². The number of carbonyl (C=O) groups is 2. The number of amides is 2. The zero-order valence-corrected chi connectivity index (χ0v) is 35.0. The van der Waals surface area contributed by atoms with E-state index in [0.717, 1.165) is 87.1 Å². The van der Waals surface area contributed by atoms with Crippen LogP contribution in [0.3, 0.4) is 0 Å². The highest BCUT2D eigenvalue weighted by molar-refractivity contribution is 5.88. The monoisotopic (exact) mass is 810 g/mol. The Kier molecular flexibility index (Phi) is 10.6. The first kappa shape index (κ1) is 39.3. The fourth-order valence-corrected chi connectivity index (χ4v) is 9.93. The number of ether oxygens (including phenoxy) is 2. The molecule has 14 heteroatoms. The number of piperidine rings is 2. The summed E-state index contributed by atoms with van der Waals surface area (Å²) in [7, 11) is 3.23. The number of nitrogens with one attached hydrogen (secondary N) is 2. The molecule has 2 N–H and O–H groups in total. The molecule has 2 amide bonds. The topological polar surface area (TPSA) is 149 Å². The molecule has 6 aromatic rings. The van der Waals surface area contributed by atoms with Gasteiger partial charge in [0.2, 0.25) is 35.5 Å². The van der Waals surface area contributed by atoms with Crippen molar-refractivity contribution >= 4 is 45.5 Å². The molecule has 2 spiro atoms. The van der Waals surface area contributed by atoms with Gasteiger partial charge in [0.15, 0.2) is 0 Å². The third-order valence-electron chi connectivity index (χ3n) is 13.1. The molecule has 2 atom stereocenters. The van der Waals surface area contributed by atoms with Gasteiger partial charge in [-0.25, -0.2) is 9.97 Å². The number of para-hydroxylation sites is 2. The Labute approximate surface area is 350 Å². The van der Waals surface area contributed by atoms with Gasteiger partial charge < -0.3 is 39.0 Å². The van der Waals surface area contributed by atoms with Crippen molar-refractivity contribution in [2.24, 2.45) is 10.8 Å². The molecule has 4 aliphatic heterocycles. The van der Waals surface area contributed by atoms with Gasteiger partial charge in [-0.1, -0.05) is 36.4 Å². The summed E-state index contributed by atoms with van der Waals surface area (Å²) in [5, 5.41) is 2.39. The van der Waals surface area contributed by atoms with Gasteiger partial charge in [-0.3, -0.25) is 9.59 Å². The van der Waals surface area contributed by atoms with Crippen LogP contribution in [0.15, 0.2) is 73.1 Å². The molecule has 0 radical (unpaired) electrons. The van der Waals surface area contributed by atoms with Crippen molar-refractivity contribution in [2.75, 3.05) is 63.3 Å². The highest BCUT2D eigenvalue weighted by Crippen LogP contribution is 2.43. The summed E-state index contributed by atoms with van der Waals surface area (Å²) >= 11 is 0. The van der Waals surface area contributed by atoms with Crippen LogP contribution < -0.4 is 19.3 Å². The van der Waals surface area contributed by atoms with E-state index in [1.807, 2.05) is 72.4 Å². The normalized spacial score (nSPS) is 21.7. The van der Waals surface area contributed by atoms with E-state index in [-0.39, 0.29) is 22.6 Å². The molecule has 8 heterocycles. The van der Waals surface area contributed by atoms with E-state index in [1.165, 1.54) is 21.9 Å². The second-order valence-electron chi connectivity index (χ2n) is 17.0. The molecule has 14 nitrogen and oxygen atoms in total. The molecule has 2 aromatic carbocycles. The maximum Gasteiger partial charge on any atom is 0.230 e. The molecule has 4 fully saturated rings. The van der Waals surface area contributed by atoms with Crippen LogP contribution in [0.5, 0.6) is 11.8 Å². The van der Waals surface area contributed by atoms with Crippen LogP contribution in [-0.2, 0) is 22.7 Å². The number of hydrogen-bond acceptors (Lipinski definition) is 10. The number of anilines is 2. The minimum atomic E-state index is -0.343. The Morgan fingerprint density at radius 2 is 1.03 bits per heavy atom. The Morgan fingerprint density at radius 3 is 1.47 bits per heavy atom. The number of hydrogen-bond donors (Lipinski definition) is 2. The molecule has 10 rings (SSSR count). The van der Waals surface area contributed by atoms with Gasteiger partial charge in [0, 0.05) is 110 Å². The molecule has 0 saturated carbocycles. The highest BCUT2D eigenvalue weighted by atomic mass is 16.5. The van der Waals surface area contributed by atoms with Gasteiger partial charge in [0.25, 0.3) is 0 Å². The van der Waals surface area contributed by atoms with Crippen LogP contribution in [0, 0.1) is 24.7 Å². The summed E-state index contributed by atoms with van der Waals surface area (Å²) in [4.78, 5) is 60.4. The van der Waals surface area contributed by atoms with Crippen molar-refractivity contribution in [3.8, 4) is 11.8 Å². The molecule has 4 aliphatic rings. The first-order valence-electron chi connectivity index (χ1n) is 21.1. The Bertz CT molecular complexity index is 2360. The SMILES string of the molecule is COc1cc(C)nc(N2CC[C@@]3(CCCN(Cc4c[nH]c5ccccc45)C3=O)C2)n1.COc1cc(C)nc(N2CC[C@]3(CCCN(Cc4c[nH]c5ccccc45)C3=O)C2)n1. The van der Waals surface area contributed by atoms with Gasteiger partial charge in [-0.15, -0.1) is 0 Å². The van der Waals surface area contributed by atoms with E-state index in [1.54, 1.807) is 14.2 Å². The molecule has 0 bridgehead atoms. The molecule has 0 aliphatic carbocycles. The van der Waals surface area contributed by atoms with Crippen molar-refractivity contribution in [1.29, 1.82) is 0 Å². The molecule has 4 saturated heterocycles. The fraction of sp³-hybridized carbons (Fsp3) is 0.435. The number of aryl methyl sites for hydroxylation is 2. The minimum absolute atomic E-state index is 0.265. The van der Waals surface area contributed by atoms with E-state index in [4.69, 9.17) is 9.47 Å². The number of benzene rings is 2. The second-order valence-corrected chi connectivity index (χ2v) is 17.0. The van der Waals surface area contributed by atoms with Gasteiger partial charge in [0.05, 0.1) is 25.0 Å². The standard InChI is InChI=1S/2C23H27N5O2/c2*1-16-12-20(30-2)26-22(25-16)28-11-9-23(15-28)8-5-10-27(21(23)29)14-17-13-24-19-7-4-3-6-18(17)19/h2*3-4,6-7,12-13,24H,5,8-11,14-15H2,1-2H3/t2*23-/m10/s1. The molecular weight excluding hydrogens is 757 g/mol. The van der Waals surface area contributed by atoms with Crippen LogP contribution in [0.25, 0.3) is 21.8 Å². The number of methoxy groups -OCH3 is 2. The van der Waals surface area contributed by atoms with E-state index in [0.29, 0.717) is 49.8 Å². The fourth-order valence-electron chi connectivity index (χ4n) is 9.93. The van der Waals surface area contributed by atoms with E-state index >= 15 is 0 Å². The van der Waals surface area contributed by atoms with Crippen molar-refractivity contribution in [1.82, 2.24) is 39.7 Å². The summed E-state index contributed by atoms with van der Waals surface area (Å²) in [6.45, 7) is 9.73. The summed E-state index contributed by atoms with van der Waals surface area (Å²) < 4.78 is 10.6. The third kappa shape index (κ3) is 7.47. The average molecular weight is 811 g/mol. The molecule has 4 aromatic heterocycles. The largest absolute Gasteiger partial charge is 0.481 e. The summed E-state index contributed by atoms with van der Waals surface area (Å²) in [5.74, 6) is 2.97. The van der Waals surface area contributed by atoms with Gasteiger partial charge in [-0.05, 0) is 75.6 Å². The van der Waals surface area contributed by atoms with Crippen molar-refractivity contribution < 1.29 is 19.1 Å².